The highest BCUT2D eigenvalue weighted by atomic mass is 16.5. The number of benzene rings is 1. The third kappa shape index (κ3) is 4.05. The maximum Gasteiger partial charge on any atom is 0.272 e. The second-order valence-electron chi connectivity index (χ2n) is 4.36. The van der Waals surface area contributed by atoms with E-state index in [0.29, 0.717) is 19.0 Å². The van der Waals surface area contributed by atoms with Crippen molar-refractivity contribution in [3.63, 3.8) is 0 Å². The molecule has 22 heavy (non-hydrogen) atoms. The Morgan fingerprint density at radius 3 is 2.77 bits per heavy atom. The monoisotopic (exact) mass is 298 g/mol. The van der Waals surface area contributed by atoms with Gasteiger partial charge in [0.1, 0.15) is 5.75 Å². The summed E-state index contributed by atoms with van der Waals surface area (Å²) in [6.07, 6.45) is 1.60. The molecule has 1 heterocycles. The van der Waals surface area contributed by atoms with Crippen LogP contribution in [0.2, 0.25) is 0 Å². The number of rotatable bonds is 7. The molecule has 1 aromatic heterocycles. The third-order valence-electron chi connectivity index (χ3n) is 2.75. The molecule has 0 saturated heterocycles. The van der Waals surface area contributed by atoms with Gasteiger partial charge in [-0.15, -0.1) is 16.8 Å². The van der Waals surface area contributed by atoms with E-state index in [0.717, 1.165) is 11.4 Å². The minimum absolute atomic E-state index is 0.255. The highest BCUT2D eigenvalue weighted by molar-refractivity contribution is 5.92. The summed E-state index contributed by atoms with van der Waals surface area (Å²) in [5, 5.41) is 13.7. The van der Waals surface area contributed by atoms with Crippen molar-refractivity contribution < 1.29 is 9.53 Å². The molecule has 0 radical (unpaired) electrons. The van der Waals surface area contributed by atoms with E-state index in [1.54, 1.807) is 18.2 Å². The third-order valence-corrected chi connectivity index (χ3v) is 2.75. The van der Waals surface area contributed by atoms with E-state index in [2.05, 4.69) is 27.4 Å². The van der Waals surface area contributed by atoms with Gasteiger partial charge in [0.2, 0.25) is 0 Å². The molecule has 114 valence electrons. The van der Waals surface area contributed by atoms with Crippen molar-refractivity contribution in [3.8, 4) is 5.75 Å². The van der Waals surface area contributed by atoms with E-state index >= 15 is 0 Å². The molecule has 0 fully saturated rings. The van der Waals surface area contributed by atoms with Crippen LogP contribution >= 0.6 is 0 Å². The smallest absolute Gasteiger partial charge is 0.272 e. The first-order chi connectivity index (χ1) is 10.7. The van der Waals surface area contributed by atoms with E-state index in [-0.39, 0.29) is 11.6 Å². The molecule has 2 aromatic rings. The van der Waals surface area contributed by atoms with Crippen molar-refractivity contribution in [2.45, 2.75) is 6.92 Å². The van der Waals surface area contributed by atoms with Crippen LogP contribution in [0.4, 0.5) is 11.5 Å². The Kier molecular flexibility index (Phi) is 5.48. The Balaban J connectivity index is 2.08. The summed E-state index contributed by atoms with van der Waals surface area (Å²) in [5.41, 5.74) is 1.05. The lowest BCUT2D eigenvalue weighted by Gasteiger charge is -2.11. The van der Waals surface area contributed by atoms with Crippen LogP contribution < -0.4 is 15.4 Å². The maximum absolute atomic E-state index is 11.7. The molecule has 6 nitrogen and oxygen atoms in total. The molecule has 2 rings (SSSR count). The second kappa shape index (κ2) is 7.78. The zero-order chi connectivity index (χ0) is 15.8. The summed E-state index contributed by atoms with van der Waals surface area (Å²) < 4.78 is 5.53. The molecule has 0 atom stereocenters. The number of nitrogens with zero attached hydrogens (tertiary/aromatic N) is 2. The van der Waals surface area contributed by atoms with E-state index in [1.807, 2.05) is 31.2 Å². The predicted octanol–water partition coefficient (Wildman–Crippen LogP) is 2.53. The summed E-state index contributed by atoms with van der Waals surface area (Å²) in [6.45, 7) is 6.43. The van der Waals surface area contributed by atoms with E-state index in [9.17, 15) is 4.79 Å². The van der Waals surface area contributed by atoms with Crippen LogP contribution in [-0.2, 0) is 0 Å². The van der Waals surface area contributed by atoms with Gasteiger partial charge >= 0.3 is 0 Å². The van der Waals surface area contributed by atoms with Crippen molar-refractivity contribution in [1.29, 1.82) is 0 Å². The van der Waals surface area contributed by atoms with Gasteiger partial charge in [0.15, 0.2) is 11.5 Å². The van der Waals surface area contributed by atoms with Crippen molar-refractivity contribution in [2.75, 3.05) is 18.5 Å². The van der Waals surface area contributed by atoms with Gasteiger partial charge in [-0.1, -0.05) is 18.2 Å². The van der Waals surface area contributed by atoms with Gasteiger partial charge in [-0.25, -0.2) is 0 Å². The van der Waals surface area contributed by atoms with Gasteiger partial charge < -0.3 is 15.4 Å². The first-order valence-corrected chi connectivity index (χ1v) is 6.96. The molecule has 0 aliphatic heterocycles. The fourth-order valence-corrected chi connectivity index (χ4v) is 1.76. The topological polar surface area (TPSA) is 76.1 Å². The molecular formula is C16H18N4O2. The van der Waals surface area contributed by atoms with Crippen LogP contribution in [0.5, 0.6) is 5.75 Å². The zero-order valence-electron chi connectivity index (χ0n) is 12.4. The minimum atomic E-state index is -0.284. The summed E-state index contributed by atoms with van der Waals surface area (Å²) >= 11 is 0. The minimum Gasteiger partial charge on any atom is -0.492 e. The van der Waals surface area contributed by atoms with Gasteiger partial charge in [0.25, 0.3) is 5.91 Å². The summed E-state index contributed by atoms with van der Waals surface area (Å²) in [6, 6.07) is 10.9. The normalized spacial score (nSPS) is 9.86. The largest absolute Gasteiger partial charge is 0.492 e. The average molecular weight is 298 g/mol. The molecule has 6 heteroatoms. The quantitative estimate of drug-likeness (QED) is 0.768. The van der Waals surface area contributed by atoms with Crippen molar-refractivity contribution in [3.05, 3.63) is 54.7 Å². The molecule has 1 aromatic carbocycles. The van der Waals surface area contributed by atoms with Crippen LogP contribution in [0.3, 0.4) is 0 Å². The fourth-order valence-electron chi connectivity index (χ4n) is 1.76. The maximum atomic E-state index is 11.7. The molecule has 0 aliphatic rings. The van der Waals surface area contributed by atoms with Crippen LogP contribution in [-0.4, -0.2) is 29.3 Å². The molecule has 1 amide bonds. The molecule has 2 N–H and O–H groups in total. The second-order valence-corrected chi connectivity index (χ2v) is 4.36. The van der Waals surface area contributed by atoms with E-state index < -0.39 is 0 Å². The molecule has 0 spiro atoms. The van der Waals surface area contributed by atoms with Crippen LogP contribution in [0.1, 0.15) is 17.4 Å². The molecule has 0 aliphatic carbocycles. The Labute approximate surface area is 129 Å². The highest BCUT2D eigenvalue weighted by Gasteiger charge is 2.08. The Morgan fingerprint density at radius 2 is 2.09 bits per heavy atom. The fraction of sp³-hybridized carbons (Fsp3) is 0.188. The lowest BCUT2D eigenvalue weighted by atomic mass is 10.3. The number of carbonyl (C=O) groups is 1. The highest BCUT2D eigenvalue weighted by Crippen LogP contribution is 2.26. The number of anilines is 2. The summed E-state index contributed by atoms with van der Waals surface area (Å²) in [5.74, 6) is 0.987. The summed E-state index contributed by atoms with van der Waals surface area (Å²) in [4.78, 5) is 11.7. The first-order valence-electron chi connectivity index (χ1n) is 6.96. The number of ether oxygens (including phenoxy) is 1. The standard InChI is InChI=1S/C16H18N4O2/c1-3-11-17-16(21)13-9-10-15(20-19-13)18-12-7-5-6-8-14(12)22-4-2/h3,5-10H,1,4,11H2,2H3,(H,17,21)(H,18,20). The van der Waals surface area contributed by atoms with Gasteiger partial charge in [-0.2, -0.15) is 0 Å². The molecular weight excluding hydrogens is 280 g/mol. The molecule has 0 saturated carbocycles. The van der Waals surface area contributed by atoms with E-state index in [1.165, 1.54) is 0 Å². The van der Waals surface area contributed by atoms with Crippen molar-refractivity contribution in [1.82, 2.24) is 15.5 Å². The van der Waals surface area contributed by atoms with Crippen molar-refractivity contribution >= 4 is 17.4 Å². The van der Waals surface area contributed by atoms with Crippen LogP contribution in [0.15, 0.2) is 49.1 Å². The molecule has 0 bridgehead atoms. The summed E-state index contributed by atoms with van der Waals surface area (Å²) in [7, 11) is 0. The average Bonchev–Trinajstić information content (AvgIpc) is 2.55. The number of aromatic nitrogens is 2. The number of nitrogens with one attached hydrogen (secondary N) is 2. The van der Waals surface area contributed by atoms with Gasteiger partial charge in [0.05, 0.1) is 12.3 Å². The van der Waals surface area contributed by atoms with Gasteiger partial charge in [0, 0.05) is 6.54 Å². The number of carbonyl (C=O) groups excluding carboxylic acids is 1. The van der Waals surface area contributed by atoms with Gasteiger partial charge in [-0.05, 0) is 31.2 Å². The SMILES string of the molecule is C=CCNC(=O)c1ccc(Nc2ccccc2OCC)nn1. The van der Waals surface area contributed by atoms with Gasteiger partial charge in [-0.3, -0.25) is 4.79 Å². The Bertz CT molecular complexity index is 641. The number of hydrogen-bond donors (Lipinski definition) is 2. The number of hydrogen-bond acceptors (Lipinski definition) is 5. The predicted molar refractivity (Wildman–Crippen MR) is 85.5 cm³/mol. The van der Waals surface area contributed by atoms with Crippen molar-refractivity contribution in [2.24, 2.45) is 0 Å². The Hall–Kier alpha value is -2.89. The van der Waals surface area contributed by atoms with Crippen LogP contribution in [0, 0.1) is 0 Å². The lowest BCUT2D eigenvalue weighted by Crippen LogP contribution is -2.24. The van der Waals surface area contributed by atoms with E-state index in [4.69, 9.17) is 4.74 Å². The zero-order valence-corrected chi connectivity index (χ0v) is 12.4. The lowest BCUT2D eigenvalue weighted by molar-refractivity contribution is 0.0952. The Morgan fingerprint density at radius 1 is 1.27 bits per heavy atom. The van der Waals surface area contributed by atoms with Crippen LogP contribution in [0.25, 0.3) is 0 Å². The number of para-hydroxylation sites is 2. The molecule has 0 unspecified atom stereocenters. The first kappa shape index (κ1) is 15.5. The number of amides is 1.